The van der Waals surface area contributed by atoms with Crippen molar-refractivity contribution in [3.63, 3.8) is 0 Å². The molecule has 2 N–H and O–H groups in total. The summed E-state index contributed by atoms with van der Waals surface area (Å²) in [6.45, 7) is 0. The summed E-state index contributed by atoms with van der Waals surface area (Å²) in [6, 6.07) is 4.79. The lowest BCUT2D eigenvalue weighted by Crippen LogP contribution is -1.91. The molecule has 0 bridgehead atoms. The third-order valence-corrected chi connectivity index (χ3v) is 2.04. The maximum Gasteiger partial charge on any atom is 0.307 e. The van der Waals surface area contributed by atoms with Crippen LogP contribution in [0, 0.1) is 11.3 Å². The first-order valence-electron chi connectivity index (χ1n) is 4.78. The third kappa shape index (κ3) is 3.24. The molecule has 0 aliphatic carbocycles. The van der Waals surface area contributed by atoms with Crippen molar-refractivity contribution in [1.29, 1.82) is 5.26 Å². The topological polar surface area (TPSA) is 90.5 Å². The van der Waals surface area contributed by atoms with E-state index in [2.05, 4.69) is 0 Å². The fraction of sp³-hybridized carbons (Fsp3) is 0.167. The summed E-state index contributed by atoms with van der Waals surface area (Å²) in [4.78, 5) is 10.3. The lowest BCUT2D eigenvalue weighted by atomic mass is 10.1. The second-order valence-corrected chi connectivity index (χ2v) is 3.23. The van der Waals surface area contributed by atoms with Gasteiger partial charge in [-0.3, -0.25) is 4.79 Å². The number of carboxylic acids is 1. The number of methoxy groups -OCH3 is 1. The summed E-state index contributed by atoms with van der Waals surface area (Å²) in [5, 5.41) is 27.0. The Hall–Kier alpha value is -2.48. The lowest BCUT2D eigenvalue weighted by molar-refractivity contribution is -0.135. The number of hydrogen-bond donors (Lipinski definition) is 2. The number of carboxylic acid groups (broad SMARTS) is 1. The van der Waals surface area contributed by atoms with Gasteiger partial charge in [0, 0.05) is 11.6 Å². The van der Waals surface area contributed by atoms with Crippen molar-refractivity contribution in [2.45, 2.75) is 6.42 Å². The van der Waals surface area contributed by atoms with E-state index in [0.717, 1.165) is 0 Å². The molecule has 0 aliphatic rings. The Morgan fingerprint density at radius 1 is 1.59 bits per heavy atom. The smallest absolute Gasteiger partial charge is 0.307 e. The predicted octanol–water partition coefficient (Wildman–Crippen LogP) is 1.76. The summed E-state index contributed by atoms with van der Waals surface area (Å²) in [7, 11) is 1.38. The van der Waals surface area contributed by atoms with Crippen LogP contribution in [-0.4, -0.2) is 23.3 Å². The Labute approximate surface area is 98.2 Å². The molecule has 1 aromatic rings. The zero-order chi connectivity index (χ0) is 12.8. The summed E-state index contributed by atoms with van der Waals surface area (Å²) in [5.74, 6) is -0.906. The van der Waals surface area contributed by atoms with E-state index < -0.39 is 5.97 Å². The number of carbonyl (C=O) groups is 1. The largest absolute Gasteiger partial charge is 0.504 e. The number of ether oxygens (including phenoxy) is 1. The van der Waals surface area contributed by atoms with Crippen LogP contribution in [0.4, 0.5) is 0 Å². The standard InChI is InChI=1S/C12H11NO4/c1-17-10-6-8(7-13)5-9(12(10)16)3-2-4-11(14)15/h2-3,5-6,16H,4H2,1H3,(H,14,15). The number of benzene rings is 1. The Morgan fingerprint density at radius 2 is 2.29 bits per heavy atom. The van der Waals surface area contributed by atoms with E-state index in [9.17, 15) is 9.90 Å². The average Bonchev–Trinajstić information content (AvgIpc) is 2.31. The normalized spacial score (nSPS) is 10.1. The molecule has 17 heavy (non-hydrogen) atoms. The molecule has 0 atom stereocenters. The molecule has 0 amide bonds. The van der Waals surface area contributed by atoms with Gasteiger partial charge in [-0.1, -0.05) is 12.2 Å². The molecule has 0 fully saturated rings. The number of aliphatic carboxylic acids is 1. The quantitative estimate of drug-likeness (QED) is 0.826. The van der Waals surface area contributed by atoms with Crippen molar-refractivity contribution in [3.8, 4) is 17.6 Å². The Kier molecular flexibility index (Phi) is 4.12. The van der Waals surface area contributed by atoms with Crippen molar-refractivity contribution in [3.05, 3.63) is 29.3 Å². The molecule has 0 heterocycles. The van der Waals surface area contributed by atoms with E-state index in [0.29, 0.717) is 11.1 Å². The van der Waals surface area contributed by atoms with Crippen LogP contribution in [0.1, 0.15) is 17.5 Å². The first-order chi connectivity index (χ1) is 8.08. The van der Waals surface area contributed by atoms with Gasteiger partial charge in [0.05, 0.1) is 25.2 Å². The Morgan fingerprint density at radius 3 is 2.82 bits per heavy atom. The SMILES string of the molecule is COc1cc(C#N)cc(C=CCC(=O)O)c1O. The van der Waals surface area contributed by atoms with E-state index >= 15 is 0 Å². The van der Waals surface area contributed by atoms with Crippen LogP contribution < -0.4 is 4.74 Å². The fourth-order valence-corrected chi connectivity index (χ4v) is 1.26. The van der Waals surface area contributed by atoms with Crippen LogP contribution in [-0.2, 0) is 4.79 Å². The van der Waals surface area contributed by atoms with Crippen LogP contribution in [0.2, 0.25) is 0 Å². The molecule has 1 rings (SSSR count). The maximum absolute atomic E-state index is 10.3. The van der Waals surface area contributed by atoms with Gasteiger partial charge in [-0.05, 0) is 6.07 Å². The number of nitrogens with zero attached hydrogens (tertiary/aromatic N) is 1. The minimum Gasteiger partial charge on any atom is -0.504 e. The summed E-state index contributed by atoms with van der Waals surface area (Å²) in [6.07, 6.45) is 2.67. The van der Waals surface area contributed by atoms with E-state index in [1.54, 1.807) is 0 Å². The van der Waals surface area contributed by atoms with Crippen molar-refractivity contribution >= 4 is 12.0 Å². The molecule has 1 aromatic carbocycles. The van der Waals surface area contributed by atoms with Crippen LogP contribution in [0.15, 0.2) is 18.2 Å². The van der Waals surface area contributed by atoms with E-state index in [4.69, 9.17) is 15.1 Å². The van der Waals surface area contributed by atoms with Gasteiger partial charge in [-0.15, -0.1) is 0 Å². The summed E-state index contributed by atoms with van der Waals surface area (Å²) < 4.78 is 4.90. The molecular formula is C12H11NO4. The number of rotatable bonds is 4. The number of phenols is 1. The molecule has 0 unspecified atom stereocenters. The van der Waals surface area contributed by atoms with Crippen molar-refractivity contribution < 1.29 is 19.7 Å². The van der Waals surface area contributed by atoms with E-state index in [-0.39, 0.29) is 17.9 Å². The molecular weight excluding hydrogens is 222 g/mol. The highest BCUT2D eigenvalue weighted by Gasteiger charge is 2.08. The number of hydrogen-bond acceptors (Lipinski definition) is 4. The van der Waals surface area contributed by atoms with Crippen molar-refractivity contribution in [2.75, 3.05) is 7.11 Å². The number of nitriles is 1. The van der Waals surface area contributed by atoms with Crippen molar-refractivity contribution in [2.24, 2.45) is 0 Å². The van der Waals surface area contributed by atoms with Gasteiger partial charge >= 0.3 is 5.97 Å². The van der Waals surface area contributed by atoms with Gasteiger partial charge in [0.2, 0.25) is 0 Å². The highest BCUT2D eigenvalue weighted by molar-refractivity contribution is 5.72. The Bertz CT molecular complexity index is 500. The molecule has 5 heteroatoms. The summed E-state index contributed by atoms with van der Waals surface area (Å²) >= 11 is 0. The highest BCUT2D eigenvalue weighted by atomic mass is 16.5. The maximum atomic E-state index is 10.3. The summed E-state index contributed by atoms with van der Waals surface area (Å²) in [5.41, 5.74) is 0.678. The Balaban J connectivity index is 3.10. The van der Waals surface area contributed by atoms with E-state index in [1.165, 1.54) is 31.4 Å². The van der Waals surface area contributed by atoms with Crippen LogP contribution in [0.25, 0.3) is 6.08 Å². The second kappa shape index (κ2) is 5.56. The minimum absolute atomic E-state index is 0.117. The van der Waals surface area contributed by atoms with Crippen LogP contribution in [0.3, 0.4) is 0 Å². The molecule has 0 saturated carbocycles. The van der Waals surface area contributed by atoms with Gasteiger partial charge in [0.1, 0.15) is 0 Å². The third-order valence-electron chi connectivity index (χ3n) is 2.04. The van der Waals surface area contributed by atoms with E-state index in [1.807, 2.05) is 6.07 Å². The second-order valence-electron chi connectivity index (χ2n) is 3.23. The average molecular weight is 233 g/mol. The monoisotopic (exact) mass is 233 g/mol. The molecule has 5 nitrogen and oxygen atoms in total. The van der Waals surface area contributed by atoms with Crippen molar-refractivity contribution in [1.82, 2.24) is 0 Å². The first kappa shape index (κ1) is 12.6. The molecule has 0 saturated heterocycles. The molecule has 0 radical (unpaired) electrons. The first-order valence-corrected chi connectivity index (χ1v) is 4.78. The van der Waals surface area contributed by atoms with Crippen LogP contribution in [0.5, 0.6) is 11.5 Å². The van der Waals surface area contributed by atoms with Gasteiger partial charge in [-0.2, -0.15) is 5.26 Å². The fourth-order valence-electron chi connectivity index (χ4n) is 1.26. The lowest BCUT2D eigenvalue weighted by Gasteiger charge is -2.06. The molecule has 88 valence electrons. The van der Waals surface area contributed by atoms with Gasteiger partial charge in [0.15, 0.2) is 11.5 Å². The van der Waals surface area contributed by atoms with Gasteiger partial charge in [-0.25, -0.2) is 0 Å². The zero-order valence-corrected chi connectivity index (χ0v) is 9.17. The molecule has 0 spiro atoms. The van der Waals surface area contributed by atoms with Crippen LogP contribution >= 0.6 is 0 Å². The highest BCUT2D eigenvalue weighted by Crippen LogP contribution is 2.32. The van der Waals surface area contributed by atoms with Gasteiger partial charge < -0.3 is 14.9 Å². The molecule has 0 aliphatic heterocycles. The zero-order valence-electron chi connectivity index (χ0n) is 9.17. The molecule has 0 aromatic heterocycles. The number of phenolic OH excluding ortho intramolecular Hbond substituents is 1. The predicted molar refractivity (Wildman–Crippen MR) is 60.7 cm³/mol. The minimum atomic E-state index is -0.968. The van der Waals surface area contributed by atoms with Gasteiger partial charge in [0.25, 0.3) is 0 Å². The number of aromatic hydroxyl groups is 1.